The lowest BCUT2D eigenvalue weighted by Gasteiger charge is -2.26. The molecule has 0 bridgehead atoms. The molecule has 0 aliphatic rings. The van der Waals surface area contributed by atoms with Crippen molar-refractivity contribution in [2.24, 2.45) is 23.0 Å². The topological polar surface area (TPSA) is 216 Å². The number of Topliss-reactive ketones (excluding diaryl/α,β-unsaturated/α-hetero) is 2. The molecule has 0 saturated heterocycles. The number of primary amides is 1. The molecule has 5 N–H and O–H groups in total. The number of rotatable bonds is 25. The second-order valence-electron chi connectivity index (χ2n) is 17.2. The van der Waals surface area contributed by atoms with Crippen molar-refractivity contribution in [2.45, 2.75) is 119 Å². The number of carbonyl (C=O) groups is 7. The number of nitrogens with zero attached hydrogens (tertiary/aromatic N) is 2. The Morgan fingerprint density at radius 1 is 0.793 bits per heavy atom. The molecule has 0 aromatic heterocycles. The molecular formula is C42H70N6O10. The van der Waals surface area contributed by atoms with Gasteiger partial charge in [0.1, 0.15) is 18.0 Å². The number of ether oxygens (including phenoxy) is 3. The number of ketones is 2. The van der Waals surface area contributed by atoms with E-state index in [2.05, 4.69) is 36.7 Å². The third-order valence-electron chi connectivity index (χ3n) is 9.01. The predicted octanol–water partition coefficient (Wildman–Crippen LogP) is 4.75. The van der Waals surface area contributed by atoms with Gasteiger partial charge in [0, 0.05) is 71.9 Å². The number of hydrogen-bond acceptors (Lipinski definition) is 10. The summed E-state index contributed by atoms with van der Waals surface area (Å²) < 4.78 is 16.3. The third kappa shape index (κ3) is 23.5. The van der Waals surface area contributed by atoms with E-state index < -0.39 is 41.7 Å². The Morgan fingerprint density at radius 2 is 1.40 bits per heavy atom. The molecule has 16 heteroatoms. The highest BCUT2D eigenvalue weighted by Gasteiger charge is 2.29. The minimum atomic E-state index is -0.883. The fourth-order valence-electron chi connectivity index (χ4n) is 5.37. The lowest BCUT2D eigenvalue weighted by molar-refractivity contribution is -0.133. The molecule has 0 fully saturated rings. The average molecular weight is 819 g/mol. The maximum Gasteiger partial charge on any atom is 0.410 e. The first-order valence-corrected chi connectivity index (χ1v) is 20.1. The number of hydrogen-bond donors (Lipinski definition) is 4. The molecule has 0 unspecified atom stereocenters. The minimum absolute atomic E-state index is 0.00181. The summed E-state index contributed by atoms with van der Waals surface area (Å²) in [6, 6.07) is 5.39. The van der Waals surface area contributed by atoms with Gasteiger partial charge in [-0.1, -0.05) is 58.9 Å². The Labute approximate surface area is 345 Å². The standard InChI is InChI=1S/C42H70N6O10/c1-29(2)33(27-32(49)18-24-56-25-21-44-36(51)17-19-41(3,4)5)37(52)46-34(12-11-20-45-38(43)53)35(50)26-30-13-15-31(16-14-30)28-57-39(54)47(9)22-23-48(10)40(55)58-42(6,7)8/h13-16,29,33-34H,11-12,17-28H2,1-10H3,(H,44,51)(H,46,52)(H3,43,45,53)/t33-,34-/m0/s1. The van der Waals surface area contributed by atoms with Crippen molar-refractivity contribution in [3.63, 3.8) is 0 Å². The highest BCUT2D eigenvalue weighted by Crippen LogP contribution is 2.21. The van der Waals surface area contributed by atoms with Gasteiger partial charge >= 0.3 is 18.2 Å². The Kier molecular flexibility index (Phi) is 22.6. The number of likely N-dealkylation sites (N-methyl/N-ethyl adjacent to an activating group) is 2. The predicted molar refractivity (Wildman–Crippen MR) is 221 cm³/mol. The van der Waals surface area contributed by atoms with Gasteiger partial charge in [0.25, 0.3) is 0 Å². The fraction of sp³-hybridized carbons (Fsp3) is 0.690. The largest absolute Gasteiger partial charge is 0.445 e. The van der Waals surface area contributed by atoms with Crippen LogP contribution in [0.5, 0.6) is 0 Å². The summed E-state index contributed by atoms with van der Waals surface area (Å²) in [6.45, 7) is 16.7. The van der Waals surface area contributed by atoms with Crippen molar-refractivity contribution in [1.82, 2.24) is 25.8 Å². The molecule has 0 aliphatic carbocycles. The molecule has 0 aliphatic heterocycles. The van der Waals surface area contributed by atoms with Gasteiger partial charge in [-0.15, -0.1) is 0 Å². The maximum absolute atomic E-state index is 13.6. The van der Waals surface area contributed by atoms with Gasteiger partial charge in [0.05, 0.1) is 19.3 Å². The van der Waals surface area contributed by atoms with Crippen LogP contribution in [0, 0.1) is 17.3 Å². The lowest BCUT2D eigenvalue weighted by Crippen LogP contribution is -2.46. The average Bonchev–Trinajstić information content (AvgIpc) is 3.12. The van der Waals surface area contributed by atoms with Gasteiger partial charge in [0.2, 0.25) is 11.8 Å². The van der Waals surface area contributed by atoms with E-state index in [0.717, 1.165) is 6.42 Å². The molecule has 0 saturated carbocycles. The maximum atomic E-state index is 13.6. The van der Waals surface area contributed by atoms with Crippen molar-refractivity contribution in [1.29, 1.82) is 0 Å². The third-order valence-corrected chi connectivity index (χ3v) is 9.01. The van der Waals surface area contributed by atoms with Gasteiger partial charge in [-0.3, -0.25) is 19.2 Å². The van der Waals surface area contributed by atoms with Crippen molar-refractivity contribution >= 4 is 41.6 Å². The van der Waals surface area contributed by atoms with E-state index >= 15 is 0 Å². The first kappa shape index (κ1) is 51.3. The summed E-state index contributed by atoms with van der Waals surface area (Å²) in [5.41, 5.74) is 6.00. The van der Waals surface area contributed by atoms with Gasteiger partial charge < -0.3 is 45.7 Å². The van der Waals surface area contributed by atoms with Crippen molar-refractivity contribution in [2.75, 3.05) is 53.5 Å². The quantitative estimate of drug-likeness (QED) is 0.0994. The van der Waals surface area contributed by atoms with Crippen LogP contribution in [0.4, 0.5) is 14.4 Å². The van der Waals surface area contributed by atoms with Crippen LogP contribution < -0.4 is 21.7 Å². The smallest absolute Gasteiger partial charge is 0.410 e. The van der Waals surface area contributed by atoms with Crippen molar-refractivity contribution in [3.8, 4) is 0 Å². The number of benzene rings is 1. The van der Waals surface area contributed by atoms with E-state index in [1.165, 1.54) is 9.80 Å². The van der Waals surface area contributed by atoms with Crippen LogP contribution >= 0.6 is 0 Å². The number of nitrogens with one attached hydrogen (secondary N) is 3. The highest BCUT2D eigenvalue weighted by atomic mass is 16.6. The van der Waals surface area contributed by atoms with E-state index in [4.69, 9.17) is 19.9 Å². The van der Waals surface area contributed by atoms with E-state index in [1.807, 2.05) is 13.8 Å². The van der Waals surface area contributed by atoms with Crippen LogP contribution in [0.3, 0.4) is 0 Å². The van der Waals surface area contributed by atoms with Crippen LogP contribution in [0.25, 0.3) is 0 Å². The molecule has 16 nitrogen and oxygen atoms in total. The summed E-state index contributed by atoms with van der Waals surface area (Å²) in [6.07, 6.45) is 0.840. The van der Waals surface area contributed by atoms with Gasteiger partial charge in [-0.05, 0) is 62.5 Å². The molecule has 2 atom stereocenters. The Bertz CT molecular complexity index is 1490. The number of carbonyl (C=O) groups excluding carboxylic acids is 7. The molecule has 328 valence electrons. The first-order chi connectivity index (χ1) is 27.0. The molecule has 0 radical (unpaired) electrons. The van der Waals surface area contributed by atoms with E-state index in [-0.39, 0.29) is 93.9 Å². The Balaban J connectivity index is 2.73. The lowest BCUT2D eigenvalue weighted by atomic mass is 9.88. The van der Waals surface area contributed by atoms with Gasteiger partial charge in [0.15, 0.2) is 5.78 Å². The summed E-state index contributed by atoms with van der Waals surface area (Å²) in [5, 5.41) is 8.17. The minimum Gasteiger partial charge on any atom is -0.445 e. The normalized spacial score (nSPS) is 12.5. The molecule has 1 aromatic carbocycles. The van der Waals surface area contributed by atoms with Crippen LogP contribution in [-0.2, 0) is 46.4 Å². The molecular weight excluding hydrogens is 748 g/mol. The van der Waals surface area contributed by atoms with Gasteiger partial charge in [-0.2, -0.15) is 0 Å². The molecule has 1 rings (SSSR count). The second-order valence-corrected chi connectivity index (χ2v) is 17.2. The first-order valence-electron chi connectivity index (χ1n) is 20.1. The Morgan fingerprint density at radius 3 is 1.97 bits per heavy atom. The number of amides is 6. The highest BCUT2D eigenvalue weighted by molar-refractivity contribution is 5.93. The molecule has 0 heterocycles. The molecule has 0 spiro atoms. The summed E-state index contributed by atoms with van der Waals surface area (Å²) in [5.74, 6) is -1.74. The number of urea groups is 1. The second kappa shape index (κ2) is 25.6. The number of nitrogens with two attached hydrogens (primary N) is 1. The van der Waals surface area contributed by atoms with Gasteiger partial charge in [-0.25, -0.2) is 14.4 Å². The van der Waals surface area contributed by atoms with Crippen molar-refractivity contribution in [3.05, 3.63) is 35.4 Å². The van der Waals surface area contributed by atoms with Crippen LogP contribution in [0.2, 0.25) is 0 Å². The molecule has 58 heavy (non-hydrogen) atoms. The monoisotopic (exact) mass is 819 g/mol. The molecule has 1 aromatic rings. The summed E-state index contributed by atoms with van der Waals surface area (Å²) in [4.78, 5) is 90.7. The summed E-state index contributed by atoms with van der Waals surface area (Å²) in [7, 11) is 3.16. The Hall–Kier alpha value is -4.73. The molecule has 6 amide bonds. The van der Waals surface area contributed by atoms with Crippen LogP contribution in [0.1, 0.15) is 105 Å². The SMILES string of the molecule is CC(C)[C@H](CC(=O)CCOCCNC(=O)CCC(C)(C)C)C(=O)N[C@@H](CCCNC(N)=O)C(=O)Cc1ccc(COC(=O)N(C)CCN(C)C(=O)OC(C)(C)C)cc1. The van der Waals surface area contributed by atoms with Crippen LogP contribution in [-0.4, -0.2) is 117 Å². The van der Waals surface area contributed by atoms with E-state index in [1.54, 1.807) is 59.1 Å². The van der Waals surface area contributed by atoms with E-state index in [0.29, 0.717) is 30.5 Å². The zero-order valence-electron chi connectivity index (χ0n) is 36.5. The summed E-state index contributed by atoms with van der Waals surface area (Å²) >= 11 is 0. The van der Waals surface area contributed by atoms with Crippen LogP contribution in [0.15, 0.2) is 24.3 Å². The van der Waals surface area contributed by atoms with E-state index in [9.17, 15) is 33.6 Å². The zero-order chi connectivity index (χ0) is 44.1. The fourth-order valence-corrected chi connectivity index (χ4v) is 5.37. The zero-order valence-corrected chi connectivity index (χ0v) is 36.5. The van der Waals surface area contributed by atoms with Crippen molar-refractivity contribution < 1.29 is 47.8 Å².